The fourth-order valence-electron chi connectivity index (χ4n) is 1.81. The molecular formula is C13H28N2O3. The number of carbonyl (C=O) groups is 1. The van der Waals surface area contributed by atoms with Crippen LogP contribution >= 0.6 is 0 Å². The molecular weight excluding hydrogens is 232 g/mol. The summed E-state index contributed by atoms with van der Waals surface area (Å²) in [5, 5.41) is 0. The van der Waals surface area contributed by atoms with Crippen LogP contribution in [0.2, 0.25) is 0 Å². The summed E-state index contributed by atoms with van der Waals surface area (Å²) in [6.45, 7) is 5.65. The average molecular weight is 260 g/mol. The standard InChI is InChI=1S/C13H28N2O3/c1-11(17-4)10-15(3)9-7-6-8-13(2,14)12(16)18-5/h11H,6-10,14H2,1-5H3. The van der Waals surface area contributed by atoms with E-state index in [1.165, 1.54) is 7.11 Å². The molecule has 0 radical (unpaired) electrons. The van der Waals surface area contributed by atoms with Gasteiger partial charge in [0.05, 0.1) is 13.2 Å². The summed E-state index contributed by atoms with van der Waals surface area (Å²) in [4.78, 5) is 13.6. The fourth-order valence-corrected chi connectivity index (χ4v) is 1.81. The highest BCUT2D eigenvalue weighted by Gasteiger charge is 2.28. The summed E-state index contributed by atoms with van der Waals surface area (Å²) in [5.41, 5.74) is 5.01. The molecule has 2 atom stereocenters. The normalized spacial score (nSPS) is 16.4. The van der Waals surface area contributed by atoms with E-state index in [4.69, 9.17) is 10.5 Å². The molecule has 0 saturated heterocycles. The Kier molecular flexibility index (Phi) is 8.15. The topological polar surface area (TPSA) is 64.8 Å². The first-order valence-electron chi connectivity index (χ1n) is 6.42. The largest absolute Gasteiger partial charge is 0.468 e. The molecule has 0 aliphatic carbocycles. The number of nitrogens with two attached hydrogens (primary N) is 1. The lowest BCUT2D eigenvalue weighted by molar-refractivity contribution is -0.146. The molecule has 18 heavy (non-hydrogen) atoms. The number of likely N-dealkylation sites (N-methyl/N-ethyl adjacent to an activating group) is 1. The Morgan fingerprint density at radius 3 is 2.50 bits per heavy atom. The molecule has 0 aliphatic rings. The third kappa shape index (κ3) is 6.93. The van der Waals surface area contributed by atoms with Crippen molar-refractivity contribution in [3.8, 4) is 0 Å². The zero-order chi connectivity index (χ0) is 14.2. The molecule has 0 fully saturated rings. The molecule has 2 N–H and O–H groups in total. The smallest absolute Gasteiger partial charge is 0.325 e. The first-order valence-corrected chi connectivity index (χ1v) is 6.42. The Bertz CT molecular complexity index is 244. The van der Waals surface area contributed by atoms with Crippen molar-refractivity contribution in [1.29, 1.82) is 0 Å². The van der Waals surface area contributed by atoms with E-state index in [0.29, 0.717) is 6.42 Å². The van der Waals surface area contributed by atoms with E-state index in [9.17, 15) is 4.79 Å². The van der Waals surface area contributed by atoms with Crippen molar-refractivity contribution in [3.63, 3.8) is 0 Å². The van der Waals surface area contributed by atoms with Gasteiger partial charge in [0.1, 0.15) is 5.54 Å². The van der Waals surface area contributed by atoms with Gasteiger partial charge in [-0.15, -0.1) is 0 Å². The predicted molar refractivity (Wildman–Crippen MR) is 72.4 cm³/mol. The van der Waals surface area contributed by atoms with Crippen molar-refractivity contribution < 1.29 is 14.3 Å². The van der Waals surface area contributed by atoms with Gasteiger partial charge < -0.3 is 20.1 Å². The molecule has 108 valence electrons. The second-order valence-corrected chi connectivity index (χ2v) is 5.17. The van der Waals surface area contributed by atoms with Crippen LogP contribution in [0.5, 0.6) is 0 Å². The van der Waals surface area contributed by atoms with Crippen LogP contribution in [-0.4, -0.2) is 56.9 Å². The van der Waals surface area contributed by atoms with Crippen molar-refractivity contribution >= 4 is 5.97 Å². The van der Waals surface area contributed by atoms with Crippen molar-refractivity contribution in [2.75, 3.05) is 34.4 Å². The summed E-state index contributed by atoms with van der Waals surface area (Å²) >= 11 is 0. The molecule has 5 heteroatoms. The third-order valence-corrected chi connectivity index (χ3v) is 3.11. The molecule has 0 saturated carbocycles. The lowest BCUT2D eigenvalue weighted by Crippen LogP contribution is -2.45. The van der Waals surface area contributed by atoms with Crippen LogP contribution in [0.4, 0.5) is 0 Å². The van der Waals surface area contributed by atoms with E-state index in [2.05, 4.69) is 16.7 Å². The van der Waals surface area contributed by atoms with Crippen LogP contribution in [0.25, 0.3) is 0 Å². The van der Waals surface area contributed by atoms with Crippen LogP contribution in [0.3, 0.4) is 0 Å². The Morgan fingerprint density at radius 2 is 2.00 bits per heavy atom. The summed E-state index contributed by atoms with van der Waals surface area (Å²) in [5.74, 6) is -0.344. The molecule has 0 bridgehead atoms. The average Bonchev–Trinajstić information content (AvgIpc) is 2.33. The van der Waals surface area contributed by atoms with Crippen molar-refractivity contribution in [1.82, 2.24) is 4.90 Å². The van der Waals surface area contributed by atoms with Gasteiger partial charge in [0.25, 0.3) is 0 Å². The zero-order valence-electron chi connectivity index (χ0n) is 12.4. The van der Waals surface area contributed by atoms with Gasteiger partial charge in [-0.05, 0) is 46.7 Å². The summed E-state index contributed by atoms with van der Waals surface area (Å²) in [7, 11) is 5.15. The highest BCUT2D eigenvalue weighted by molar-refractivity contribution is 5.79. The Balaban J connectivity index is 3.76. The summed E-state index contributed by atoms with van der Waals surface area (Å²) < 4.78 is 9.87. The molecule has 0 amide bonds. The van der Waals surface area contributed by atoms with Crippen molar-refractivity contribution in [3.05, 3.63) is 0 Å². The SMILES string of the molecule is COC(=O)C(C)(N)CCCCN(C)CC(C)OC. The molecule has 0 aliphatic heterocycles. The number of ether oxygens (including phenoxy) is 2. The van der Waals surface area contributed by atoms with Gasteiger partial charge >= 0.3 is 5.97 Å². The first kappa shape index (κ1) is 17.4. The molecule has 0 aromatic rings. The van der Waals surface area contributed by atoms with E-state index in [-0.39, 0.29) is 12.1 Å². The third-order valence-electron chi connectivity index (χ3n) is 3.11. The monoisotopic (exact) mass is 260 g/mol. The Hall–Kier alpha value is -0.650. The second kappa shape index (κ2) is 8.45. The van der Waals surface area contributed by atoms with Gasteiger partial charge in [-0.3, -0.25) is 4.79 Å². The van der Waals surface area contributed by atoms with Gasteiger partial charge in [-0.2, -0.15) is 0 Å². The number of unbranched alkanes of at least 4 members (excludes halogenated alkanes) is 1. The number of esters is 1. The van der Waals surface area contributed by atoms with E-state index >= 15 is 0 Å². The molecule has 0 aromatic carbocycles. The molecule has 5 nitrogen and oxygen atoms in total. The van der Waals surface area contributed by atoms with Crippen LogP contribution in [0.1, 0.15) is 33.1 Å². The van der Waals surface area contributed by atoms with Crippen LogP contribution in [0.15, 0.2) is 0 Å². The number of hydrogen-bond acceptors (Lipinski definition) is 5. The molecule has 0 spiro atoms. The van der Waals surface area contributed by atoms with Crippen LogP contribution in [-0.2, 0) is 14.3 Å². The van der Waals surface area contributed by atoms with Crippen LogP contribution in [0, 0.1) is 0 Å². The number of nitrogens with zero attached hydrogens (tertiary/aromatic N) is 1. The maximum atomic E-state index is 11.4. The lowest BCUT2D eigenvalue weighted by atomic mass is 9.96. The van der Waals surface area contributed by atoms with Crippen LogP contribution < -0.4 is 5.73 Å². The van der Waals surface area contributed by atoms with Crippen molar-refractivity contribution in [2.45, 2.75) is 44.8 Å². The van der Waals surface area contributed by atoms with Gasteiger partial charge in [0.2, 0.25) is 0 Å². The highest BCUT2D eigenvalue weighted by atomic mass is 16.5. The molecule has 0 aromatic heterocycles. The van der Waals surface area contributed by atoms with Gasteiger partial charge in [-0.25, -0.2) is 0 Å². The minimum absolute atomic E-state index is 0.241. The summed E-state index contributed by atoms with van der Waals surface area (Å²) in [6.07, 6.45) is 2.81. The van der Waals surface area contributed by atoms with E-state index in [1.807, 2.05) is 6.92 Å². The van der Waals surface area contributed by atoms with Gasteiger partial charge in [0, 0.05) is 13.7 Å². The fraction of sp³-hybridized carbons (Fsp3) is 0.923. The highest BCUT2D eigenvalue weighted by Crippen LogP contribution is 2.12. The number of carbonyl (C=O) groups excluding carboxylic acids is 1. The maximum Gasteiger partial charge on any atom is 0.325 e. The number of rotatable bonds is 9. The lowest BCUT2D eigenvalue weighted by Gasteiger charge is -2.23. The second-order valence-electron chi connectivity index (χ2n) is 5.17. The van der Waals surface area contributed by atoms with Gasteiger partial charge in [0.15, 0.2) is 0 Å². The minimum atomic E-state index is -0.868. The van der Waals surface area contributed by atoms with Gasteiger partial charge in [-0.1, -0.05) is 0 Å². The molecule has 0 heterocycles. The summed E-state index contributed by atoms with van der Waals surface area (Å²) in [6, 6.07) is 0. The Labute approximate surface area is 111 Å². The zero-order valence-corrected chi connectivity index (χ0v) is 12.4. The maximum absolute atomic E-state index is 11.4. The first-order chi connectivity index (χ1) is 8.33. The van der Waals surface area contributed by atoms with E-state index < -0.39 is 5.54 Å². The predicted octanol–water partition coefficient (Wildman–Crippen LogP) is 1.01. The van der Waals surface area contributed by atoms with E-state index in [1.54, 1.807) is 14.0 Å². The number of methoxy groups -OCH3 is 2. The quantitative estimate of drug-likeness (QED) is 0.495. The molecule has 0 rings (SSSR count). The van der Waals surface area contributed by atoms with Crippen molar-refractivity contribution in [2.24, 2.45) is 5.73 Å². The molecule has 2 unspecified atom stereocenters. The Morgan fingerprint density at radius 1 is 1.39 bits per heavy atom. The number of hydrogen-bond donors (Lipinski definition) is 1. The minimum Gasteiger partial charge on any atom is -0.468 e. The van der Waals surface area contributed by atoms with E-state index in [0.717, 1.165) is 25.9 Å².